The highest BCUT2D eigenvalue weighted by atomic mass is 32.1. The van der Waals surface area contributed by atoms with E-state index in [0.717, 1.165) is 11.3 Å². The fourth-order valence-corrected chi connectivity index (χ4v) is 2.08. The minimum atomic E-state index is -0.0882. The predicted molar refractivity (Wildman–Crippen MR) is 92.6 cm³/mol. The molecular formula is C16H23N3O2S. The molecule has 0 spiro atoms. The van der Waals surface area contributed by atoms with Gasteiger partial charge in [0.25, 0.3) is 0 Å². The van der Waals surface area contributed by atoms with Crippen LogP contribution in [0.2, 0.25) is 0 Å². The van der Waals surface area contributed by atoms with Gasteiger partial charge in [0.15, 0.2) is 5.11 Å². The number of hydrogen-bond donors (Lipinski definition) is 3. The van der Waals surface area contributed by atoms with Crippen molar-refractivity contribution in [1.82, 2.24) is 10.6 Å². The molecule has 0 radical (unpaired) electrons. The van der Waals surface area contributed by atoms with Gasteiger partial charge in [-0.3, -0.25) is 9.59 Å². The number of hydrogen-bond acceptors (Lipinski definition) is 3. The van der Waals surface area contributed by atoms with Crippen LogP contribution in [0.15, 0.2) is 24.3 Å². The Kier molecular flexibility index (Phi) is 7.52. The molecule has 0 atom stereocenters. The molecule has 0 aromatic heterocycles. The van der Waals surface area contributed by atoms with Gasteiger partial charge in [0.2, 0.25) is 11.8 Å². The molecule has 0 aliphatic carbocycles. The summed E-state index contributed by atoms with van der Waals surface area (Å²) < 4.78 is 0. The molecule has 2 amide bonds. The number of amides is 2. The van der Waals surface area contributed by atoms with Crippen LogP contribution in [-0.4, -0.2) is 24.0 Å². The van der Waals surface area contributed by atoms with E-state index in [2.05, 4.69) is 16.0 Å². The lowest BCUT2D eigenvalue weighted by molar-refractivity contribution is -0.121. The summed E-state index contributed by atoms with van der Waals surface area (Å²) in [5.74, 6) is 0.230. The van der Waals surface area contributed by atoms with Gasteiger partial charge in [-0.2, -0.15) is 0 Å². The van der Waals surface area contributed by atoms with Crippen LogP contribution in [0.1, 0.15) is 32.3 Å². The van der Waals surface area contributed by atoms with E-state index in [1.54, 1.807) is 7.05 Å². The number of thiocarbonyl (C=S) groups is 1. The van der Waals surface area contributed by atoms with E-state index in [0.29, 0.717) is 30.3 Å². The highest BCUT2D eigenvalue weighted by Gasteiger charge is 2.07. The third-order valence-electron chi connectivity index (χ3n) is 2.98. The molecule has 0 unspecified atom stereocenters. The Morgan fingerprint density at radius 3 is 2.32 bits per heavy atom. The average Bonchev–Trinajstić information content (AvgIpc) is 2.45. The van der Waals surface area contributed by atoms with Gasteiger partial charge < -0.3 is 16.0 Å². The Morgan fingerprint density at radius 2 is 1.77 bits per heavy atom. The second-order valence-corrected chi connectivity index (χ2v) is 5.88. The zero-order valence-corrected chi connectivity index (χ0v) is 14.0. The quantitative estimate of drug-likeness (QED) is 0.703. The largest absolute Gasteiger partial charge is 0.359 e. The van der Waals surface area contributed by atoms with E-state index < -0.39 is 0 Å². The first-order chi connectivity index (χ1) is 10.4. The van der Waals surface area contributed by atoms with Crippen LogP contribution >= 0.6 is 12.2 Å². The molecule has 0 saturated carbocycles. The van der Waals surface area contributed by atoms with Gasteiger partial charge in [-0.05, 0) is 42.3 Å². The molecule has 0 fully saturated rings. The van der Waals surface area contributed by atoms with Crippen molar-refractivity contribution in [1.29, 1.82) is 0 Å². The third-order valence-corrected chi connectivity index (χ3v) is 3.18. The lowest BCUT2D eigenvalue weighted by atomic mass is 10.1. The van der Waals surface area contributed by atoms with Crippen molar-refractivity contribution in [3.8, 4) is 0 Å². The maximum Gasteiger partial charge on any atom is 0.226 e. The fraction of sp³-hybridized carbons (Fsp3) is 0.438. The number of nitrogens with one attached hydrogen (secondary N) is 3. The van der Waals surface area contributed by atoms with Crippen molar-refractivity contribution in [3.63, 3.8) is 0 Å². The molecule has 1 rings (SSSR count). The summed E-state index contributed by atoms with van der Waals surface area (Å²) in [7, 11) is 1.63. The van der Waals surface area contributed by atoms with Crippen LogP contribution in [0.4, 0.5) is 5.69 Å². The van der Waals surface area contributed by atoms with Crippen LogP contribution in [0, 0.1) is 5.92 Å². The average molecular weight is 321 g/mol. The number of anilines is 1. The summed E-state index contributed by atoms with van der Waals surface area (Å²) in [6, 6.07) is 7.62. The Balaban J connectivity index is 2.45. The van der Waals surface area contributed by atoms with Crippen molar-refractivity contribution >= 4 is 34.8 Å². The Bertz CT molecular complexity index is 527. The summed E-state index contributed by atoms with van der Waals surface area (Å²) >= 11 is 5.10. The molecule has 0 heterocycles. The van der Waals surface area contributed by atoms with Crippen LogP contribution in [0.25, 0.3) is 0 Å². The summed E-state index contributed by atoms with van der Waals surface area (Å²) in [4.78, 5) is 22.8. The van der Waals surface area contributed by atoms with Gasteiger partial charge in [0, 0.05) is 25.6 Å². The van der Waals surface area contributed by atoms with Crippen LogP contribution < -0.4 is 16.0 Å². The van der Waals surface area contributed by atoms with E-state index in [9.17, 15) is 9.59 Å². The van der Waals surface area contributed by atoms with E-state index >= 15 is 0 Å². The fourth-order valence-electron chi connectivity index (χ4n) is 1.85. The van der Waals surface area contributed by atoms with Crippen molar-refractivity contribution < 1.29 is 9.59 Å². The topological polar surface area (TPSA) is 70.2 Å². The van der Waals surface area contributed by atoms with Gasteiger partial charge >= 0.3 is 0 Å². The lowest BCUT2D eigenvalue weighted by Crippen LogP contribution is -2.34. The molecule has 0 bridgehead atoms. The SMILES string of the molecule is CNC(=O)CCc1ccc(NC(=S)NC(=O)CC(C)C)cc1. The minimum absolute atomic E-state index is 0.0243. The lowest BCUT2D eigenvalue weighted by Gasteiger charge is -2.11. The number of aryl methyl sites for hydroxylation is 1. The molecule has 5 nitrogen and oxygen atoms in total. The van der Waals surface area contributed by atoms with Crippen molar-refractivity contribution in [2.45, 2.75) is 33.1 Å². The monoisotopic (exact) mass is 321 g/mol. The molecule has 0 aliphatic rings. The molecule has 1 aromatic rings. The van der Waals surface area contributed by atoms with Crippen LogP contribution in [-0.2, 0) is 16.0 Å². The first kappa shape index (κ1) is 18.1. The zero-order chi connectivity index (χ0) is 16.5. The molecule has 6 heteroatoms. The number of rotatable bonds is 6. The van der Waals surface area contributed by atoms with Crippen LogP contribution in [0.5, 0.6) is 0 Å². The van der Waals surface area contributed by atoms with Gasteiger partial charge in [0.05, 0.1) is 0 Å². The van der Waals surface area contributed by atoms with E-state index in [1.807, 2.05) is 38.1 Å². The number of benzene rings is 1. The van der Waals surface area contributed by atoms with Crippen LogP contribution in [0.3, 0.4) is 0 Å². The maximum absolute atomic E-state index is 11.6. The molecule has 0 aliphatic heterocycles. The highest BCUT2D eigenvalue weighted by molar-refractivity contribution is 7.80. The van der Waals surface area contributed by atoms with E-state index in [1.165, 1.54) is 0 Å². The zero-order valence-electron chi connectivity index (χ0n) is 13.2. The Hall–Kier alpha value is -1.95. The van der Waals surface area contributed by atoms with Gasteiger partial charge in [-0.25, -0.2) is 0 Å². The van der Waals surface area contributed by atoms with Crippen molar-refractivity contribution in [2.24, 2.45) is 5.92 Å². The second-order valence-electron chi connectivity index (χ2n) is 5.47. The minimum Gasteiger partial charge on any atom is -0.359 e. The summed E-state index contributed by atoms with van der Waals surface area (Å²) in [6.45, 7) is 3.96. The summed E-state index contributed by atoms with van der Waals surface area (Å²) in [5, 5.41) is 8.51. The molecule has 1 aromatic carbocycles. The number of carbonyl (C=O) groups excluding carboxylic acids is 2. The Labute approximate surface area is 136 Å². The van der Waals surface area contributed by atoms with Gasteiger partial charge in [0.1, 0.15) is 0 Å². The van der Waals surface area contributed by atoms with Gasteiger partial charge in [-0.15, -0.1) is 0 Å². The molecule has 3 N–H and O–H groups in total. The number of carbonyl (C=O) groups is 2. The van der Waals surface area contributed by atoms with Crippen molar-refractivity contribution in [2.75, 3.05) is 12.4 Å². The molecule has 22 heavy (non-hydrogen) atoms. The summed E-state index contributed by atoms with van der Waals surface area (Å²) in [6.07, 6.45) is 1.60. The maximum atomic E-state index is 11.6. The molecule has 0 saturated heterocycles. The smallest absolute Gasteiger partial charge is 0.226 e. The highest BCUT2D eigenvalue weighted by Crippen LogP contribution is 2.11. The molecule has 120 valence electrons. The van der Waals surface area contributed by atoms with E-state index in [4.69, 9.17) is 12.2 Å². The predicted octanol–water partition coefficient (Wildman–Crippen LogP) is 2.22. The first-order valence-corrected chi connectivity index (χ1v) is 7.72. The first-order valence-electron chi connectivity index (χ1n) is 7.31. The normalized spacial score (nSPS) is 10.2. The van der Waals surface area contributed by atoms with Gasteiger partial charge in [-0.1, -0.05) is 26.0 Å². The second kappa shape index (κ2) is 9.15. The Morgan fingerprint density at radius 1 is 1.14 bits per heavy atom. The standard InChI is InChI=1S/C16H23N3O2S/c1-11(2)10-15(21)19-16(22)18-13-7-4-12(5-8-13)6-9-14(20)17-3/h4-5,7-8,11H,6,9-10H2,1-3H3,(H,17,20)(H2,18,19,21,22). The third kappa shape index (κ3) is 7.17. The summed E-state index contributed by atoms with van der Waals surface area (Å²) in [5.41, 5.74) is 1.88. The van der Waals surface area contributed by atoms with Crippen molar-refractivity contribution in [3.05, 3.63) is 29.8 Å². The van der Waals surface area contributed by atoms with E-state index in [-0.39, 0.29) is 11.8 Å². The molecular weight excluding hydrogens is 298 g/mol.